The fourth-order valence-electron chi connectivity index (χ4n) is 3.32. The maximum absolute atomic E-state index is 12.8. The highest BCUT2D eigenvalue weighted by Crippen LogP contribution is 2.30. The average Bonchev–Trinajstić information content (AvgIpc) is 3.04. The number of rotatable bonds is 7. The minimum atomic E-state index is -0.598. The lowest BCUT2D eigenvalue weighted by molar-refractivity contribution is -0.120. The Bertz CT molecular complexity index is 1240. The number of hydrogen-bond acceptors (Lipinski definition) is 5. The third-order valence-electron chi connectivity index (χ3n) is 4.89. The molecule has 2 N–H and O–H groups in total. The van der Waals surface area contributed by atoms with Gasteiger partial charge in [0.1, 0.15) is 16.5 Å². The number of para-hydroxylation sites is 3. The number of ether oxygens (including phenoxy) is 1. The first kappa shape index (κ1) is 22.1. The van der Waals surface area contributed by atoms with E-state index in [4.69, 9.17) is 16.3 Å². The van der Waals surface area contributed by atoms with E-state index in [2.05, 4.69) is 10.6 Å². The van der Waals surface area contributed by atoms with Crippen LogP contribution in [0.15, 0.2) is 89.6 Å². The summed E-state index contributed by atoms with van der Waals surface area (Å²) in [5, 5.41) is 5.53. The molecule has 4 rings (SSSR count). The first-order valence-electron chi connectivity index (χ1n) is 10.2. The van der Waals surface area contributed by atoms with Crippen molar-refractivity contribution in [1.29, 1.82) is 0 Å². The van der Waals surface area contributed by atoms with Gasteiger partial charge in [0.15, 0.2) is 0 Å². The fraction of sp³-hybridized carbons (Fsp3) is 0.0800. The maximum Gasteiger partial charge on any atom is 0.283 e. The molecule has 7 nitrogen and oxygen atoms in total. The van der Waals surface area contributed by atoms with E-state index in [1.54, 1.807) is 72.8 Å². The van der Waals surface area contributed by atoms with Crippen LogP contribution >= 0.6 is 11.6 Å². The Kier molecular flexibility index (Phi) is 6.42. The summed E-state index contributed by atoms with van der Waals surface area (Å²) in [6.45, 7) is 2.35. The molecule has 0 aromatic heterocycles. The van der Waals surface area contributed by atoms with Crippen molar-refractivity contribution in [2.75, 3.05) is 22.1 Å². The normalized spacial score (nSPS) is 13.3. The highest BCUT2D eigenvalue weighted by atomic mass is 35.5. The molecule has 0 fully saturated rings. The van der Waals surface area contributed by atoms with E-state index in [1.165, 1.54) is 0 Å². The molecule has 0 atom stereocenters. The van der Waals surface area contributed by atoms with Gasteiger partial charge < -0.3 is 15.4 Å². The van der Waals surface area contributed by atoms with Crippen molar-refractivity contribution in [1.82, 2.24) is 0 Å². The third-order valence-corrected chi connectivity index (χ3v) is 5.24. The van der Waals surface area contributed by atoms with Crippen molar-refractivity contribution >= 4 is 46.4 Å². The summed E-state index contributed by atoms with van der Waals surface area (Å²) in [7, 11) is 0. The summed E-state index contributed by atoms with van der Waals surface area (Å²) < 4.78 is 5.53. The lowest BCUT2D eigenvalue weighted by Crippen LogP contribution is -2.32. The second-order valence-electron chi connectivity index (χ2n) is 7.06. The molecule has 1 aliphatic heterocycles. The van der Waals surface area contributed by atoms with Crippen LogP contribution in [-0.2, 0) is 9.59 Å². The molecule has 0 aliphatic carbocycles. The van der Waals surface area contributed by atoms with Gasteiger partial charge in [-0.2, -0.15) is 0 Å². The Balaban J connectivity index is 1.47. The molecule has 3 aromatic rings. The summed E-state index contributed by atoms with van der Waals surface area (Å²) in [6, 6.07) is 22.2. The summed E-state index contributed by atoms with van der Waals surface area (Å²) >= 11 is 6.16. The van der Waals surface area contributed by atoms with Crippen LogP contribution in [0.2, 0.25) is 0 Å². The molecule has 3 amide bonds. The lowest BCUT2D eigenvalue weighted by atomic mass is 10.1. The number of amides is 3. The zero-order valence-corrected chi connectivity index (χ0v) is 18.4. The second kappa shape index (κ2) is 9.58. The van der Waals surface area contributed by atoms with Crippen molar-refractivity contribution in [2.24, 2.45) is 0 Å². The largest absolute Gasteiger partial charge is 0.492 e. The molecule has 0 saturated carbocycles. The van der Waals surface area contributed by atoms with Gasteiger partial charge in [0.05, 0.1) is 18.0 Å². The minimum Gasteiger partial charge on any atom is -0.492 e. The Morgan fingerprint density at radius 1 is 0.909 bits per heavy atom. The van der Waals surface area contributed by atoms with Crippen molar-refractivity contribution in [3.63, 3.8) is 0 Å². The van der Waals surface area contributed by atoms with Gasteiger partial charge in [-0.05, 0) is 55.5 Å². The molecule has 166 valence electrons. The van der Waals surface area contributed by atoms with Crippen LogP contribution < -0.4 is 20.3 Å². The molecule has 33 heavy (non-hydrogen) atoms. The molecule has 8 heteroatoms. The van der Waals surface area contributed by atoms with Crippen molar-refractivity contribution in [2.45, 2.75) is 6.92 Å². The molecule has 1 aliphatic rings. The zero-order valence-electron chi connectivity index (χ0n) is 17.7. The predicted molar refractivity (Wildman–Crippen MR) is 127 cm³/mol. The Morgan fingerprint density at radius 3 is 2.27 bits per heavy atom. The molecule has 3 aromatic carbocycles. The van der Waals surface area contributed by atoms with Gasteiger partial charge in [-0.3, -0.25) is 14.4 Å². The molecule has 1 heterocycles. The van der Waals surface area contributed by atoms with Crippen LogP contribution in [0.1, 0.15) is 17.3 Å². The van der Waals surface area contributed by atoms with Gasteiger partial charge in [0.2, 0.25) is 0 Å². The van der Waals surface area contributed by atoms with Gasteiger partial charge in [0, 0.05) is 11.3 Å². The van der Waals surface area contributed by atoms with Crippen LogP contribution in [-0.4, -0.2) is 24.3 Å². The minimum absolute atomic E-state index is 0.0200. The molecular weight excluding hydrogens is 442 g/mol. The van der Waals surface area contributed by atoms with E-state index in [0.717, 1.165) is 4.90 Å². The van der Waals surface area contributed by atoms with Crippen molar-refractivity contribution in [3.05, 3.63) is 95.2 Å². The molecule has 0 bridgehead atoms. The number of carbonyl (C=O) groups excluding carboxylic acids is 3. The van der Waals surface area contributed by atoms with Crippen molar-refractivity contribution in [3.8, 4) is 5.75 Å². The highest BCUT2D eigenvalue weighted by Gasteiger charge is 2.38. The molecule has 0 radical (unpaired) electrons. The second-order valence-corrected chi connectivity index (χ2v) is 7.43. The van der Waals surface area contributed by atoms with Gasteiger partial charge in [-0.15, -0.1) is 0 Å². The number of nitrogens with zero attached hydrogens (tertiary/aromatic N) is 1. The van der Waals surface area contributed by atoms with E-state index in [9.17, 15) is 14.4 Å². The molecule has 0 spiro atoms. The number of anilines is 3. The number of benzene rings is 3. The molecular formula is C25H20ClN3O4. The first-order chi connectivity index (χ1) is 16.0. The smallest absolute Gasteiger partial charge is 0.283 e. The van der Waals surface area contributed by atoms with E-state index < -0.39 is 11.8 Å². The van der Waals surface area contributed by atoms with Crippen LogP contribution in [0.4, 0.5) is 17.1 Å². The Morgan fingerprint density at radius 2 is 1.58 bits per heavy atom. The van der Waals surface area contributed by atoms with E-state index in [-0.39, 0.29) is 16.6 Å². The van der Waals surface area contributed by atoms with Crippen LogP contribution in [0.25, 0.3) is 0 Å². The van der Waals surface area contributed by atoms with Crippen LogP contribution in [0.3, 0.4) is 0 Å². The summed E-state index contributed by atoms with van der Waals surface area (Å²) in [5.74, 6) is -0.876. The number of imide groups is 1. The maximum atomic E-state index is 12.8. The number of nitrogens with one attached hydrogen (secondary N) is 2. The first-order valence-corrected chi connectivity index (χ1v) is 10.6. The van der Waals surface area contributed by atoms with E-state index in [1.807, 2.05) is 13.0 Å². The summed E-state index contributed by atoms with van der Waals surface area (Å²) in [6.07, 6.45) is 0. The SMILES string of the molecule is CCOc1ccccc1NC(=O)c1ccc(NC2=C(Cl)C(=O)N(c3ccccc3)C2=O)cc1. The van der Waals surface area contributed by atoms with E-state index in [0.29, 0.717) is 35.0 Å². The van der Waals surface area contributed by atoms with Crippen LogP contribution in [0.5, 0.6) is 5.75 Å². The van der Waals surface area contributed by atoms with Gasteiger partial charge >= 0.3 is 0 Å². The fourth-order valence-corrected chi connectivity index (χ4v) is 3.53. The number of halogens is 1. The molecule has 0 saturated heterocycles. The number of carbonyl (C=O) groups is 3. The average molecular weight is 462 g/mol. The topological polar surface area (TPSA) is 87.7 Å². The van der Waals surface area contributed by atoms with Gasteiger partial charge in [0.25, 0.3) is 17.7 Å². The third kappa shape index (κ3) is 4.58. The van der Waals surface area contributed by atoms with E-state index >= 15 is 0 Å². The van der Waals surface area contributed by atoms with Gasteiger partial charge in [-0.1, -0.05) is 41.9 Å². The lowest BCUT2D eigenvalue weighted by Gasteiger charge is -2.15. The van der Waals surface area contributed by atoms with Gasteiger partial charge in [-0.25, -0.2) is 4.90 Å². The Labute approximate surface area is 195 Å². The summed E-state index contributed by atoms with van der Waals surface area (Å²) in [4.78, 5) is 39.0. The summed E-state index contributed by atoms with van der Waals surface area (Å²) in [5.41, 5.74) is 1.90. The monoisotopic (exact) mass is 461 g/mol. The van der Waals surface area contributed by atoms with Crippen LogP contribution in [0, 0.1) is 0 Å². The standard InChI is InChI=1S/C25H20ClN3O4/c1-2-33-20-11-7-6-10-19(20)28-23(30)16-12-14-17(15-13-16)27-22-21(26)24(31)29(25(22)32)18-8-4-3-5-9-18/h3-15,27H,2H2,1H3,(H,28,30). The number of hydrogen-bond donors (Lipinski definition) is 2. The zero-order chi connectivity index (χ0) is 23.4. The predicted octanol–water partition coefficient (Wildman–Crippen LogP) is 4.77. The molecule has 0 unspecified atom stereocenters. The van der Waals surface area contributed by atoms with Crippen molar-refractivity contribution < 1.29 is 19.1 Å². The highest BCUT2D eigenvalue weighted by molar-refractivity contribution is 6.53. The Hall–Kier alpha value is -4.10. The quantitative estimate of drug-likeness (QED) is 0.495.